The van der Waals surface area contributed by atoms with Crippen molar-refractivity contribution in [3.05, 3.63) is 74.8 Å². The van der Waals surface area contributed by atoms with Crippen molar-refractivity contribution in [2.24, 2.45) is 0 Å². The van der Waals surface area contributed by atoms with Crippen LogP contribution in [0, 0.1) is 4.77 Å². The lowest BCUT2D eigenvalue weighted by atomic mass is 10.1. The molecular formula is C19H19N3O2S. The molecule has 0 aliphatic rings. The van der Waals surface area contributed by atoms with Crippen LogP contribution in [-0.2, 0) is 13.1 Å². The summed E-state index contributed by atoms with van der Waals surface area (Å²) in [4.78, 5) is 29.8. The summed E-state index contributed by atoms with van der Waals surface area (Å²) in [6.45, 7) is 2.89. The highest BCUT2D eigenvalue weighted by molar-refractivity contribution is 7.71. The maximum absolute atomic E-state index is 12.7. The quantitative estimate of drug-likeness (QED) is 0.732. The third kappa shape index (κ3) is 3.39. The Morgan fingerprint density at radius 1 is 1.20 bits per heavy atom. The van der Waals surface area contributed by atoms with E-state index in [0.29, 0.717) is 34.3 Å². The number of carbonyl (C=O) groups excluding carboxylic acids is 1. The molecule has 128 valence electrons. The number of hydrogen-bond acceptors (Lipinski definition) is 3. The van der Waals surface area contributed by atoms with E-state index in [1.807, 2.05) is 37.3 Å². The summed E-state index contributed by atoms with van der Waals surface area (Å²) in [7, 11) is 1.76. The Hall–Kier alpha value is -2.73. The summed E-state index contributed by atoms with van der Waals surface area (Å²) in [6.07, 6.45) is 0. The van der Waals surface area contributed by atoms with Gasteiger partial charge in [-0.1, -0.05) is 30.3 Å². The number of H-pyrrole nitrogens is 1. The summed E-state index contributed by atoms with van der Waals surface area (Å²) in [6, 6.07) is 14.9. The molecule has 0 saturated carbocycles. The highest BCUT2D eigenvalue weighted by atomic mass is 32.1. The summed E-state index contributed by atoms with van der Waals surface area (Å²) in [5, 5.41) is 0.526. The van der Waals surface area contributed by atoms with Crippen molar-refractivity contribution >= 4 is 29.0 Å². The van der Waals surface area contributed by atoms with E-state index in [1.165, 1.54) is 4.57 Å². The van der Waals surface area contributed by atoms with Crippen LogP contribution in [0.15, 0.2) is 53.3 Å². The minimum atomic E-state index is -0.141. The first-order valence-corrected chi connectivity index (χ1v) is 8.48. The molecule has 3 rings (SSSR count). The number of benzene rings is 2. The Morgan fingerprint density at radius 2 is 1.92 bits per heavy atom. The van der Waals surface area contributed by atoms with Gasteiger partial charge in [-0.3, -0.25) is 14.2 Å². The topological polar surface area (TPSA) is 58.1 Å². The predicted octanol–water partition coefficient (Wildman–Crippen LogP) is 3.35. The fourth-order valence-electron chi connectivity index (χ4n) is 2.82. The summed E-state index contributed by atoms with van der Waals surface area (Å²) < 4.78 is 1.86. The maximum Gasteiger partial charge on any atom is 0.262 e. The molecule has 1 aromatic heterocycles. The van der Waals surface area contributed by atoms with Crippen molar-refractivity contribution < 1.29 is 4.79 Å². The smallest absolute Gasteiger partial charge is 0.262 e. The molecule has 0 aliphatic carbocycles. The van der Waals surface area contributed by atoms with Crippen molar-refractivity contribution in [2.45, 2.75) is 20.0 Å². The number of rotatable bonds is 4. The van der Waals surface area contributed by atoms with E-state index in [2.05, 4.69) is 4.98 Å². The number of aromatic nitrogens is 2. The van der Waals surface area contributed by atoms with Crippen molar-refractivity contribution in [3.63, 3.8) is 0 Å². The van der Waals surface area contributed by atoms with Gasteiger partial charge in [0.15, 0.2) is 4.77 Å². The summed E-state index contributed by atoms with van der Waals surface area (Å²) in [5.74, 6) is -0.107. The van der Waals surface area contributed by atoms with Crippen LogP contribution in [0.5, 0.6) is 0 Å². The van der Waals surface area contributed by atoms with Crippen LogP contribution in [0.1, 0.15) is 22.8 Å². The minimum Gasteiger partial charge on any atom is -0.337 e. The van der Waals surface area contributed by atoms with Gasteiger partial charge in [-0.25, -0.2) is 0 Å². The molecule has 2 aromatic carbocycles. The number of amides is 1. The van der Waals surface area contributed by atoms with Gasteiger partial charge < -0.3 is 9.88 Å². The zero-order valence-corrected chi connectivity index (χ0v) is 15.0. The first kappa shape index (κ1) is 17.1. The molecular weight excluding hydrogens is 334 g/mol. The number of aromatic amines is 1. The van der Waals surface area contributed by atoms with E-state index < -0.39 is 0 Å². The van der Waals surface area contributed by atoms with Crippen LogP contribution in [0.3, 0.4) is 0 Å². The van der Waals surface area contributed by atoms with Gasteiger partial charge in [0.1, 0.15) is 0 Å². The molecule has 0 bridgehead atoms. The Bertz CT molecular complexity index is 1040. The maximum atomic E-state index is 12.7. The molecule has 0 aliphatic heterocycles. The van der Waals surface area contributed by atoms with Gasteiger partial charge in [0.2, 0.25) is 0 Å². The largest absolute Gasteiger partial charge is 0.337 e. The van der Waals surface area contributed by atoms with Gasteiger partial charge >= 0.3 is 0 Å². The second kappa shape index (κ2) is 7.03. The number of hydrogen-bond donors (Lipinski definition) is 1. The molecule has 3 aromatic rings. The number of carbonyl (C=O) groups is 1. The zero-order valence-electron chi connectivity index (χ0n) is 14.2. The second-order valence-electron chi connectivity index (χ2n) is 5.89. The first-order chi connectivity index (χ1) is 12.0. The van der Waals surface area contributed by atoms with Crippen LogP contribution in [0.25, 0.3) is 10.9 Å². The number of nitrogens with zero attached hydrogens (tertiary/aromatic N) is 2. The van der Waals surface area contributed by atoms with E-state index in [9.17, 15) is 9.59 Å². The molecule has 0 radical (unpaired) electrons. The van der Waals surface area contributed by atoms with E-state index in [-0.39, 0.29) is 11.5 Å². The standard InChI is InChI=1S/C19H19N3O2S/c1-3-22-18(24)15-10-9-14(11-16(15)20-19(22)25)17(23)21(2)12-13-7-5-4-6-8-13/h4-11H,3,12H2,1-2H3,(H,20,25). The zero-order chi connectivity index (χ0) is 18.0. The van der Waals surface area contributed by atoms with Gasteiger partial charge in [0.25, 0.3) is 11.5 Å². The van der Waals surface area contributed by atoms with Crippen LogP contribution < -0.4 is 5.56 Å². The summed E-state index contributed by atoms with van der Waals surface area (Å²) in [5.41, 5.74) is 2.02. The molecule has 25 heavy (non-hydrogen) atoms. The molecule has 0 saturated heterocycles. The Balaban J connectivity index is 1.95. The lowest BCUT2D eigenvalue weighted by Crippen LogP contribution is -2.26. The molecule has 1 heterocycles. The Kier molecular flexibility index (Phi) is 4.81. The van der Waals surface area contributed by atoms with E-state index in [0.717, 1.165) is 5.56 Å². The highest BCUT2D eigenvalue weighted by Crippen LogP contribution is 2.14. The van der Waals surface area contributed by atoms with Crippen molar-refractivity contribution in [3.8, 4) is 0 Å². The molecule has 6 heteroatoms. The van der Waals surface area contributed by atoms with Crippen LogP contribution in [0.2, 0.25) is 0 Å². The minimum absolute atomic E-state index is 0.107. The van der Waals surface area contributed by atoms with Crippen LogP contribution in [-0.4, -0.2) is 27.4 Å². The fraction of sp³-hybridized carbons (Fsp3) is 0.211. The van der Waals surface area contributed by atoms with Gasteiger partial charge in [-0.2, -0.15) is 0 Å². The van der Waals surface area contributed by atoms with Gasteiger partial charge in [-0.05, 0) is 42.9 Å². The lowest BCUT2D eigenvalue weighted by Gasteiger charge is -2.17. The molecule has 0 fully saturated rings. The molecule has 5 nitrogen and oxygen atoms in total. The van der Waals surface area contributed by atoms with Crippen LogP contribution in [0.4, 0.5) is 0 Å². The molecule has 0 unspecified atom stereocenters. The van der Waals surface area contributed by atoms with Crippen molar-refractivity contribution in [2.75, 3.05) is 7.05 Å². The monoisotopic (exact) mass is 353 g/mol. The Labute approximate surface area is 150 Å². The fourth-order valence-corrected chi connectivity index (χ4v) is 3.15. The lowest BCUT2D eigenvalue weighted by molar-refractivity contribution is 0.0785. The third-order valence-corrected chi connectivity index (χ3v) is 4.48. The average Bonchev–Trinajstić information content (AvgIpc) is 2.61. The SMILES string of the molecule is CCn1c(=S)[nH]c2cc(C(=O)N(C)Cc3ccccc3)ccc2c1=O. The van der Waals surface area contributed by atoms with Gasteiger partial charge in [0, 0.05) is 25.7 Å². The molecule has 1 amide bonds. The predicted molar refractivity (Wildman–Crippen MR) is 101 cm³/mol. The Morgan fingerprint density at radius 3 is 2.60 bits per heavy atom. The van der Waals surface area contributed by atoms with E-state index in [1.54, 1.807) is 30.1 Å². The van der Waals surface area contributed by atoms with Gasteiger partial charge in [0.05, 0.1) is 10.9 Å². The third-order valence-electron chi connectivity index (χ3n) is 4.15. The normalized spacial score (nSPS) is 10.8. The first-order valence-electron chi connectivity index (χ1n) is 8.07. The number of fused-ring (bicyclic) bond motifs is 1. The van der Waals surface area contributed by atoms with Crippen LogP contribution >= 0.6 is 12.2 Å². The highest BCUT2D eigenvalue weighted by Gasteiger charge is 2.14. The van der Waals surface area contributed by atoms with Gasteiger partial charge in [-0.15, -0.1) is 0 Å². The number of nitrogens with one attached hydrogen (secondary N) is 1. The molecule has 1 N–H and O–H groups in total. The average molecular weight is 353 g/mol. The molecule has 0 atom stereocenters. The van der Waals surface area contributed by atoms with E-state index in [4.69, 9.17) is 12.2 Å². The van der Waals surface area contributed by atoms with E-state index >= 15 is 0 Å². The summed E-state index contributed by atoms with van der Waals surface area (Å²) >= 11 is 5.23. The molecule has 0 spiro atoms. The van der Waals surface area contributed by atoms with Crippen molar-refractivity contribution in [1.29, 1.82) is 0 Å². The van der Waals surface area contributed by atoms with Crippen molar-refractivity contribution in [1.82, 2.24) is 14.5 Å². The second-order valence-corrected chi connectivity index (χ2v) is 6.27.